The Morgan fingerprint density at radius 2 is 2.44 bits per heavy atom. The van der Waals surface area contributed by atoms with Crippen LogP contribution in [0.25, 0.3) is 0 Å². The summed E-state index contributed by atoms with van der Waals surface area (Å²) in [6, 6.07) is 0.546. The SMILES string of the molecule is C/N=C/[C@H]1C[C@@H](C)CN1. The van der Waals surface area contributed by atoms with Gasteiger partial charge < -0.3 is 5.32 Å². The highest BCUT2D eigenvalue weighted by molar-refractivity contribution is 5.64. The minimum absolute atomic E-state index is 0.546. The van der Waals surface area contributed by atoms with Gasteiger partial charge in [-0.2, -0.15) is 0 Å². The van der Waals surface area contributed by atoms with Gasteiger partial charge in [0, 0.05) is 19.3 Å². The molecule has 0 aromatic carbocycles. The predicted molar refractivity (Wildman–Crippen MR) is 40.0 cm³/mol. The molecule has 0 aliphatic carbocycles. The molecular formula is C7H14N2. The number of aliphatic imine (C=N–C) groups is 1. The van der Waals surface area contributed by atoms with Gasteiger partial charge in [-0.1, -0.05) is 6.92 Å². The Kier molecular flexibility index (Phi) is 2.22. The zero-order chi connectivity index (χ0) is 6.69. The van der Waals surface area contributed by atoms with E-state index in [1.165, 1.54) is 6.42 Å². The van der Waals surface area contributed by atoms with E-state index in [1.807, 2.05) is 13.3 Å². The summed E-state index contributed by atoms with van der Waals surface area (Å²) in [7, 11) is 1.82. The molecule has 0 amide bonds. The van der Waals surface area contributed by atoms with Crippen molar-refractivity contribution in [2.45, 2.75) is 19.4 Å². The molecule has 0 unspecified atom stereocenters. The average Bonchev–Trinajstić information content (AvgIpc) is 2.17. The first kappa shape index (κ1) is 6.75. The van der Waals surface area contributed by atoms with Gasteiger partial charge in [0.25, 0.3) is 0 Å². The van der Waals surface area contributed by atoms with Crippen molar-refractivity contribution in [3.63, 3.8) is 0 Å². The largest absolute Gasteiger partial charge is 0.309 e. The maximum absolute atomic E-state index is 3.96. The summed E-state index contributed by atoms with van der Waals surface area (Å²) >= 11 is 0. The number of nitrogens with zero attached hydrogens (tertiary/aromatic N) is 1. The van der Waals surface area contributed by atoms with Crippen molar-refractivity contribution in [2.75, 3.05) is 13.6 Å². The van der Waals surface area contributed by atoms with Crippen molar-refractivity contribution in [3.05, 3.63) is 0 Å². The van der Waals surface area contributed by atoms with Crippen LogP contribution in [0.2, 0.25) is 0 Å². The van der Waals surface area contributed by atoms with E-state index in [9.17, 15) is 0 Å². The first-order chi connectivity index (χ1) is 4.33. The zero-order valence-electron chi connectivity index (χ0n) is 6.09. The second-order valence-electron chi connectivity index (χ2n) is 2.76. The molecule has 1 saturated heterocycles. The van der Waals surface area contributed by atoms with E-state index >= 15 is 0 Å². The lowest BCUT2D eigenvalue weighted by molar-refractivity contribution is 0.647. The van der Waals surface area contributed by atoms with Crippen LogP contribution >= 0.6 is 0 Å². The van der Waals surface area contributed by atoms with Gasteiger partial charge >= 0.3 is 0 Å². The number of hydrogen-bond acceptors (Lipinski definition) is 2. The lowest BCUT2D eigenvalue weighted by Crippen LogP contribution is -2.22. The van der Waals surface area contributed by atoms with Crippen molar-refractivity contribution in [1.82, 2.24) is 5.32 Å². The summed E-state index contributed by atoms with van der Waals surface area (Å²) < 4.78 is 0. The number of nitrogens with one attached hydrogen (secondary N) is 1. The van der Waals surface area contributed by atoms with Crippen molar-refractivity contribution >= 4 is 6.21 Å². The maximum atomic E-state index is 3.96. The van der Waals surface area contributed by atoms with Crippen molar-refractivity contribution < 1.29 is 0 Å². The Bertz CT molecular complexity index is 109. The van der Waals surface area contributed by atoms with Crippen LogP contribution in [0.1, 0.15) is 13.3 Å². The second-order valence-corrected chi connectivity index (χ2v) is 2.76. The molecule has 2 atom stereocenters. The van der Waals surface area contributed by atoms with Gasteiger partial charge in [0.1, 0.15) is 0 Å². The molecule has 1 aliphatic heterocycles. The molecule has 9 heavy (non-hydrogen) atoms. The van der Waals surface area contributed by atoms with Crippen LogP contribution < -0.4 is 5.32 Å². The van der Waals surface area contributed by atoms with Crippen LogP contribution in [-0.2, 0) is 0 Å². The van der Waals surface area contributed by atoms with E-state index in [4.69, 9.17) is 0 Å². The number of hydrogen-bond donors (Lipinski definition) is 1. The Balaban J connectivity index is 2.30. The normalized spacial score (nSPS) is 36.2. The quantitative estimate of drug-likeness (QED) is 0.513. The lowest BCUT2D eigenvalue weighted by Gasteiger charge is -1.98. The molecule has 0 spiro atoms. The fourth-order valence-electron chi connectivity index (χ4n) is 1.25. The molecule has 0 bridgehead atoms. The summed E-state index contributed by atoms with van der Waals surface area (Å²) in [5, 5.41) is 3.36. The highest BCUT2D eigenvalue weighted by Gasteiger charge is 2.17. The van der Waals surface area contributed by atoms with Gasteiger partial charge in [-0.3, -0.25) is 4.99 Å². The highest BCUT2D eigenvalue weighted by Crippen LogP contribution is 2.10. The molecule has 52 valence electrons. The van der Waals surface area contributed by atoms with Gasteiger partial charge in [-0.15, -0.1) is 0 Å². The van der Waals surface area contributed by atoms with E-state index in [1.54, 1.807) is 0 Å². The fourth-order valence-corrected chi connectivity index (χ4v) is 1.25. The minimum Gasteiger partial charge on any atom is -0.309 e. The average molecular weight is 126 g/mol. The Morgan fingerprint density at radius 3 is 2.89 bits per heavy atom. The summed E-state index contributed by atoms with van der Waals surface area (Å²) in [5.41, 5.74) is 0. The maximum Gasteiger partial charge on any atom is 0.0423 e. The standard InChI is InChI=1S/C7H14N2/c1-6-3-7(5-8-2)9-4-6/h5-7,9H,3-4H2,1-2H3/b8-5+/t6-,7-/m1/s1. The molecule has 2 heteroatoms. The molecule has 1 fully saturated rings. The van der Waals surface area contributed by atoms with Crippen LogP contribution in [0.5, 0.6) is 0 Å². The lowest BCUT2D eigenvalue weighted by atomic mass is 10.1. The van der Waals surface area contributed by atoms with Gasteiger partial charge in [0.15, 0.2) is 0 Å². The highest BCUT2D eigenvalue weighted by atomic mass is 15.0. The summed E-state index contributed by atoms with van der Waals surface area (Å²) in [6.45, 7) is 3.41. The van der Waals surface area contributed by atoms with Crippen LogP contribution in [0, 0.1) is 5.92 Å². The monoisotopic (exact) mass is 126 g/mol. The molecule has 0 saturated carbocycles. The van der Waals surface area contributed by atoms with Gasteiger partial charge in [0.05, 0.1) is 0 Å². The van der Waals surface area contributed by atoms with Crippen molar-refractivity contribution in [3.8, 4) is 0 Å². The Morgan fingerprint density at radius 1 is 1.67 bits per heavy atom. The molecule has 0 radical (unpaired) electrons. The topological polar surface area (TPSA) is 24.4 Å². The Hall–Kier alpha value is -0.370. The molecule has 0 aromatic heterocycles. The first-order valence-electron chi connectivity index (χ1n) is 3.48. The molecule has 1 N–H and O–H groups in total. The third-order valence-electron chi connectivity index (χ3n) is 1.71. The first-order valence-corrected chi connectivity index (χ1v) is 3.48. The molecule has 1 rings (SSSR count). The van der Waals surface area contributed by atoms with Crippen molar-refractivity contribution in [2.24, 2.45) is 10.9 Å². The Labute approximate surface area is 56.4 Å². The van der Waals surface area contributed by atoms with E-state index in [2.05, 4.69) is 17.2 Å². The van der Waals surface area contributed by atoms with Crippen LogP contribution in [-0.4, -0.2) is 25.8 Å². The summed E-state index contributed by atoms with van der Waals surface area (Å²) in [5.74, 6) is 0.827. The van der Waals surface area contributed by atoms with Crippen molar-refractivity contribution in [1.29, 1.82) is 0 Å². The third-order valence-corrected chi connectivity index (χ3v) is 1.71. The third kappa shape index (κ3) is 1.79. The van der Waals surface area contributed by atoms with Gasteiger partial charge in [0.2, 0.25) is 0 Å². The van der Waals surface area contributed by atoms with E-state index in [0.29, 0.717) is 6.04 Å². The van der Waals surface area contributed by atoms with Crippen LogP contribution in [0.4, 0.5) is 0 Å². The van der Waals surface area contributed by atoms with Gasteiger partial charge in [-0.05, 0) is 18.9 Å². The molecule has 0 aromatic rings. The molecule has 1 aliphatic rings. The summed E-state index contributed by atoms with van der Waals surface area (Å²) in [4.78, 5) is 3.96. The van der Waals surface area contributed by atoms with E-state index in [-0.39, 0.29) is 0 Å². The van der Waals surface area contributed by atoms with E-state index in [0.717, 1.165) is 12.5 Å². The fraction of sp³-hybridized carbons (Fsp3) is 0.857. The molecular weight excluding hydrogens is 112 g/mol. The number of rotatable bonds is 1. The predicted octanol–water partition coefficient (Wildman–Crippen LogP) is 0.685. The molecule has 2 nitrogen and oxygen atoms in total. The van der Waals surface area contributed by atoms with Gasteiger partial charge in [-0.25, -0.2) is 0 Å². The second kappa shape index (κ2) is 2.97. The van der Waals surface area contributed by atoms with E-state index < -0.39 is 0 Å². The summed E-state index contributed by atoms with van der Waals surface area (Å²) in [6.07, 6.45) is 3.24. The van der Waals surface area contributed by atoms with Crippen LogP contribution in [0.15, 0.2) is 4.99 Å². The zero-order valence-corrected chi connectivity index (χ0v) is 6.09. The molecule has 1 heterocycles. The minimum atomic E-state index is 0.546. The van der Waals surface area contributed by atoms with Crippen LogP contribution in [0.3, 0.4) is 0 Å². The smallest absolute Gasteiger partial charge is 0.0423 e.